The first-order chi connectivity index (χ1) is 20.3. The van der Waals surface area contributed by atoms with Crippen molar-refractivity contribution in [3.8, 4) is 11.5 Å². The molecule has 4 amide bonds. The number of amides is 4. The second kappa shape index (κ2) is 10.4. The predicted molar refractivity (Wildman–Crippen MR) is 165 cm³/mol. The molecule has 6 rings (SSSR count). The molecule has 2 aliphatic carbocycles. The van der Waals surface area contributed by atoms with Crippen molar-refractivity contribution in [2.45, 2.75) is 35.4 Å². The van der Waals surface area contributed by atoms with Crippen molar-refractivity contribution in [1.29, 1.82) is 0 Å². The summed E-state index contributed by atoms with van der Waals surface area (Å²) in [6, 6.07) is 9.33. The van der Waals surface area contributed by atoms with Crippen molar-refractivity contribution < 1.29 is 33.8 Å². The number of methoxy groups -OCH3 is 1. The Bertz CT molecular complexity index is 1660. The van der Waals surface area contributed by atoms with Crippen LogP contribution >= 0.6 is 55.1 Å². The maximum Gasteiger partial charge on any atom is 0.254 e. The number of imide groups is 2. The van der Waals surface area contributed by atoms with Crippen LogP contribution < -0.4 is 9.64 Å². The summed E-state index contributed by atoms with van der Waals surface area (Å²) >= 11 is 21.1. The van der Waals surface area contributed by atoms with Crippen LogP contribution in [0, 0.1) is 17.8 Å². The van der Waals surface area contributed by atoms with Gasteiger partial charge in [0.25, 0.3) is 11.8 Å². The van der Waals surface area contributed by atoms with Crippen molar-refractivity contribution in [3.63, 3.8) is 0 Å². The first-order valence-electron chi connectivity index (χ1n) is 13.4. The van der Waals surface area contributed by atoms with E-state index in [1.54, 1.807) is 42.5 Å². The quantitative estimate of drug-likeness (QED) is 0.145. The Labute approximate surface area is 273 Å². The van der Waals surface area contributed by atoms with Crippen LogP contribution in [0.1, 0.15) is 41.6 Å². The second-order valence-corrected chi connectivity index (χ2v) is 13.8. The number of halogens is 4. The maximum absolute atomic E-state index is 14.1. The van der Waals surface area contributed by atoms with Gasteiger partial charge >= 0.3 is 0 Å². The van der Waals surface area contributed by atoms with Gasteiger partial charge in [0.05, 0.1) is 30.1 Å². The van der Waals surface area contributed by atoms with E-state index in [-0.39, 0.29) is 41.1 Å². The highest BCUT2D eigenvalue weighted by Crippen LogP contribution is 2.66. The summed E-state index contributed by atoms with van der Waals surface area (Å²) in [6.45, 7) is 1.42. The van der Waals surface area contributed by atoms with Gasteiger partial charge < -0.3 is 9.84 Å². The lowest BCUT2D eigenvalue weighted by molar-refractivity contribution is -0.138. The van der Waals surface area contributed by atoms with E-state index in [1.807, 2.05) is 0 Å². The molecular weight excluding hydrogens is 731 g/mol. The molecule has 2 aromatic carbocycles. The van der Waals surface area contributed by atoms with E-state index >= 15 is 0 Å². The van der Waals surface area contributed by atoms with E-state index in [0.717, 1.165) is 9.80 Å². The normalized spacial score (nSPS) is 31.5. The zero-order valence-electron chi connectivity index (χ0n) is 22.8. The number of alkyl halides is 3. The summed E-state index contributed by atoms with van der Waals surface area (Å²) in [7, 11) is 1.37. The largest absolute Gasteiger partial charge is 0.504 e. The van der Waals surface area contributed by atoms with Gasteiger partial charge in [-0.05, 0) is 62.1 Å². The van der Waals surface area contributed by atoms with Gasteiger partial charge in [0, 0.05) is 21.5 Å². The number of carbonyl (C=O) groups is 5. The molecule has 2 aromatic rings. The summed E-state index contributed by atoms with van der Waals surface area (Å²) < 4.78 is 5.88. The third-order valence-corrected chi connectivity index (χ3v) is 11.5. The Kier molecular flexibility index (Phi) is 7.35. The third kappa shape index (κ3) is 4.04. The molecule has 224 valence electrons. The van der Waals surface area contributed by atoms with Crippen LogP contribution in [-0.4, -0.2) is 61.7 Å². The molecule has 0 aromatic heterocycles. The summed E-state index contributed by atoms with van der Waals surface area (Å²) in [6.07, 6.45) is 1.77. The number of ketones is 1. The molecule has 0 bridgehead atoms. The molecule has 43 heavy (non-hydrogen) atoms. The molecule has 1 saturated carbocycles. The number of aromatic hydroxyl groups is 1. The Balaban J connectivity index is 1.52. The lowest BCUT2D eigenvalue weighted by atomic mass is 9.56. The van der Waals surface area contributed by atoms with E-state index in [0.29, 0.717) is 21.3 Å². The maximum atomic E-state index is 14.1. The van der Waals surface area contributed by atoms with Gasteiger partial charge in [-0.2, -0.15) is 0 Å². The second-order valence-electron chi connectivity index (χ2n) is 11.1. The molecule has 13 heteroatoms. The summed E-state index contributed by atoms with van der Waals surface area (Å²) in [4.78, 5) is 65.3. The van der Waals surface area contributed by atoms with E-state index < -0.39 is 57.0 Å². The number of likely N-dealkylation sites (tertiary alicyclic amines) is 1. The van der Waals surface area contributed by atoms with Crippen molar-refractivity contribution in [2.75, 3.05) is 17.5 Å². The van der Waals surface area contributed by atoms with E-state index in [2.05, 4.69) is 31.9 Å². The van der Waals surface area contributed by atoms with Crippen LogP contribution in [-0.2, 0) is 19.2 Å². The van der Waals surface area contributed by atoms with Crippen molar-refractivity contribution in [1.82, 2.24) is 4.90 Å². The number of rotatable bonds is 5. The Morgan fingerprint density at radius 3 is 2.35 bits per heavy atom. The standard InChI is InChI=1S/C30H24Br2Cl2N2O7/c1-13(37)14-3-5-16(6-4-14)36-25(39)18-8-7-17-20(22(18)26(36)40)11-29(33)27(41)35(12-31)28(42)30(29,34)23(17)19-9-15(32)10-21(43-2)24(19)38/h3-7,9-10,18,20,22-23,38H,8,11-12H2,1-2H3/t18-,20+,22-,23+,29+,30-/m0/s1. The number of allylic oxidation sites excluding steroid dienone is 2. The molecule has 6 atom stereocenters. The van der Waals surface area contributed by atoms with Gasteiger partial charge in [0.2, 0.25) is 11.8 Å². The molecule has 3 fully saturated rings. The van der Waals surface area contributed by atoms with Crippen LogP contribution in [0.4, 0.5) is 5.69 Å². The minimum Gasteiger partial charge on any atom is -0.504 e. The van der Waals surface area contributed by atoms with Crippen LogP contribution in [0.15, 0.2) is 52.5 Å². The molecule has 0 spiro atoms. The molecule has 1 N–H and O–H groups in total. The third-order valence-electron chi connectivity index (χ3n) is 9.15. The van der Waals surface area contributed by atoms with Crippen LogP contribution in [0.3, 0.4) is 0 Å². The fourth-order valence-electron chi connectivity index (χ4n) is 7.17. The Morgan fingerprint density at radius 1 is 1.07 bits per heavy atom. The lowest BCUT2D eigenvalue weighted by Crippen LogP contribution is -2.60. The van der Waals surface area contributed by atoms with E-state index in [1.165, 1.54) is 14.0 Å². The molecule has 2 heterocycles. The van der Waals surface area contributed by atoms with Gasteiger partial charge in [-0.25, -0.2) is 0 Å². The number of phenols is 1. The number of hydrogen-bond acceptors (Lipinski definition) is 7. The molecular formula is C30H24Br2Cl2N2O7. The van der Waals surface area contributed by atoms with E-state index in [4.69, 9.17) is 27.9 Å². The zero-order chi connectivity index (χ0) is 31.2. The molecule has 0 unspecified atom stereocenters. The predicted octanol–water partition coefficient (Wildman–Crippen LogP) is 5.28. The van der Waals surface area contributed by atoms with Gasteiger partial charge in [-0.3, -0.25) is 33.8 Å². The van der Waals surface area contributed by atoms with Crippen molar-refractivity contribution in [2.24, 2.45) is 17.8 Å². The van der Waals surface area contributed by atoms with Gasteiger partial charge in [0.1, 0.15) is 0 Å². The highest BCUT2D eigenvalue weighted by atomic mass is 79.9. The SMILES string of the molecule is COc1cc(Br)cc([C@H]2C3=CC[C@@H]4C(=O)N(c5ccc(C(C)=O)cc5)C(=O)[C@@H]4[C@@H]3C[C@@]3(Cl)C(=O)N(CBr)C(=O)[C@@]23Cl)c1O. The van der Waals surface area contributed by atoms with Gasteiger partial charge in [0.15, 0.2) is 27.0 Å². The number of nitrogens with zero attached hydrogens (tertiary/aromatic N) is 2. The number of phenolic OH excluding ortho intramolecular Hbond substituents is 1. The van der Waals surface area contributed by atoms with Crippen LogP contribution in [0.25, 0.3) is 0 Å². The minimum absolute atomic E-state index is 0.0997. The monoisotopic (exact) mass is 752 g/mol. The average Bonchev–Trinajstić information content (AvgIpc) is 3.31. The Hall–Kier alpha value is -2.73. The summed E-state index contributed by atoms with van der Waals surface area (Å²) in [5.41, 5.74) is 1.32. The molecule has 2 aliphatic heterocycles. The number of hydrogen-bond donors (Lipinski definition) is 1. The highest BCUT2D eigenvalue weighted by molar-refractivity contribution is 9.10. The fourth-order valence-corrected chi connectivity index (χ4v) is 9.04. The number of ether oxygens (including phenoxy) is 1. The van der Waals surface area contributed by atoms with Gasteiger partial charge in [-0.15, -0.1) is 23.2 Å². The highest BCUT2D eigenvalue weighted by Gasteiger charge is 2.76. The van der Waals surface area contributed by atoms with Gasteiger partial charge in [-0.1, -0.05) is 43.5 Å². The summed E-state index contributed by atoms with van der Waals surface area (Å²) in [5, 5.41) is 11.3. The number of benzene rings is 2. The lowest BCUT2D eigenvalue weighted by Gasteiger charge is -2.50. The van der Waals surface area contributed by atoms with Crippen molar-refractivity contribution in [3.05, 3.63) is 63.6 Å². The first kappa shape index (κ1) is 30.3. The van der Waals surface area contributed by atoms with E-state index in [9.17, 15) is 29.1 Å². The average molecular weight is 755 g/mol. The number of carbonyl (C=O) groups excluding carboxylic acids is 5. The number of fused-ring (bicyclic) bond motifs is 4. The fraction of sp³-hybridized carbons (Fsp3) is 0.367. The number of anilines is 1. The summed E-state index contributed by atoms with van der Waals surface area (Å²) in [5.74, 6) is -6.27. The van der Waals surface area contributed by atoms with Crippen molar-refractivity contribution >= 4 is 90.2 Å². The van der Waals surface area contributed by atoms with Crippen LogP contribution in [0.2, 0.25) is 0 Å². The molecule has 0 radical (unpaired) electrons. The Morgan fingerprint density at radius 2 is 1.74 bits per heavy atom. The topological polar surface area (TPSA) is 121 Å². The molecule has 2 saturated heterocycles. The number of Topliss-reactive ketones (excluding diaryl/α,β-unsaturated/α-hetero) is 1. The first-order valence-corrected chi connectivity index (χ1v) is 16.0. The van der Waals surface area contributed by atoms with Crippen LogP contribution in [0.5, 0.6) is 11.5 Å². The minimum atomic E-state index is -2.06. The molecule has 9 nitrogen and oxygen atoms in total. The smallest absolute Gasteiger partial charge is 0.254 e. The molecule has 4 aliphatic rings. The zero-order valence-corrected chi connectivity index (χ0v) is 27.5.